The molecule has 0 bridgehead atoms. The van der Waals surface area contributed by atoms with Crippen LogP contribution in [-0.4, -0.2) is 11.8 Å². The molecule has 0 fully saturated rings. The number of rotatable bonds is 7. The van der Waals surface area contributed by atoms with E-state index in [1.807, 2.05) is 13.8 Å². The van der Waals surface area contributed by atoms with Crippen molar-refractivity contribution in [1.29, 1.82) is 0 Å². The van der Waals surface area contributed by atoms with Crippen LogP contribution in [0.1, 0.15) is 60.8 Å². The average Bonchev–Trinajstić information content (AvgIpc) is 2.12. The van der Waals surface area contributed by atoms with E-state index in [1.54, 1.807) is 0 Å². The highest BCUT2D eigenvalue weighted by Gasteiger charge is 2.36. The number of nitroso groups, excluding NO2 is 1. The highest BCUT2D eigenvalue weighted by Crippen LogP contribution is 2.40. The number of nitrogens with zero attached hydrogens (tertiary/aromatic N) is 1. The third kappa shape index (κ3) is 4.86. The highest BCUT2D eigenvalue weighted by molar-refractivity contribution is 5.76. The Morgan fingerprint density at radius 3 is 2.06 bits per heavy atom. The summed E-state index contributed by atoms with van der Waals surface area (Å²) < 4.78 is 0. The van der Waals surface area contributed by atoms with Gasteiger partial charge in [0.05, 0.1) is 0 Å². The molecule has 0 rings (SSSR count). The Kier molecular flexibility index (Phi) is 5.30. The number of carbonyl (C=O) groups is 1. The first-order valence-corrected chi connectivity index (χ1v) is 5.96. The Bertz CT molecular complexity index is 257. The molecule has 1 unspecified atom stereocenters. The zero-order valence-corrected chi connectivity index (χ0v) is 11.5. The predicted molar refractivity (Wildman–Crippen MR) is 67.4 cm³/mol. The molecule has 0 saturated heterocycles. The summed E-state index contributed by atoms with van der Waals surface area (Å²) in [6.07, 6.45) is 2.22. The van der Waals surface area contributed by atoms with E-state index in [2.05, 4.69) is 25.9 Å². The molecular weight excluding hydrogens is 202 g/mol. The Morgan fingerprint density at radius 2 is 1.75 bits per heavy atom. The molecule has 0 aliphatic rings. The molecule has 16 heavy (non-hydrogen) atoms. The van der Waals surface area contributed by atoms with Crippen LogP contribution in [0.25, 0.3) is 0 Å². The van der Waals surface area contributed by atoms with Gasteiger partial charge in [-0.1, -0.05) is 46.2 Å². The molecule has 0 aliphatic heterocycles. The fourth-order valence-corrected chi connectivity index (χ4v) is 2.20. The van der Waals surface area contributed by atoms with Crippen LogP contribution in [0.5, 0.6) is 0 Å². The van der Waals surface area contributed by atoms with Crippen molar-refractivity contribution in [1.82, 2.24) is 0 Å². The molecule has 0 aromatic carbocycles. The largest absolute Gasteiger partial charge is 0.300 e. The van der Waals surface area contributed by atoms with Gasteiger partial charge in [0, 0.05) is 6.42 Å². The van der Waals surface area contributed by atoms with Crippen LogP contribution in [0.15, 0.2) is 5.18 Å². The first-order valence-electron chi connectivity index (χ1n) is 5.96. The maximum Gasteiger partial charge on any atom is 0.132 e. The van der Waals surface area contributed by atoms with E-state index in [0.29, 0.717) is 0 Å². The van der Waals surface area contributed by atoms with Crippen molar-refractivity contribution in [2.75, 3.05) is 0 Å². The molecule has 0 saturated carbocycles. The van der Waals surface area contributed by atoms with Gasteiger partial charge in [0.25, 0.3) is 0 Å². The Hall–Kier alpha value is -0.730. The first kappa shape index (κ1) is 15.3. The van der Waals surface area contributed by atoms with Crippen LogP contribution in [-0.2, 0) is 4.79 Å². The van der Waals surface area contributed by atoms with Gasteiger partial charge in [-0.2, -0.15) is 4.91 Å². The zero-order chi connectivity index (χ0) is 13.0. The molecule has 0 aromatic rings. The van der Waals surface area contributed by atoms with Crippen molar-refractivity contribution in [3.8, 4) is 0 Å². The van der Waals surface area contributed by atoms with E-state index >= 15 is 0 Å². The Labute approximate surface area is 99.0 Å². The molecule has 0 aliphatic carbocycles. The van der Waals surface area contributed by atoms with E-state index in [-0.39, 0.29) is 23.0 Å². The fraction of sp³-hybridized carbons (Fsp3) is 0.923. The van der Waals surface area contributed by atoms with Crippen LogP contribution in [0.3, 0.4) is 0 Å². The van der Waals surface area contributed by atoms with Gasteiger partial charge in [-0.25, -0.2) is 0 Å². The first-order chi connectivity index (χ1) is 7.14. The summed E-state index contributed by atoms with van der Waals surface area (Å²) >= 11 is 0. The number of Topliss-reactive ketones (excluding diaryl/α,β-unsaturated/α-hetero) is 1. The number of hydrogen-bond donors (Lipinski definition) is 0. The monoisotopic (exact) mass is 227 g/mol. The lowest BCUT2D eigenvalue weighted by Crippen LogP contribution is -2.34. The zero-order valence-electron chi connectivity index (χ0n) is 11.5. The van der Waals surface area contributed by atoms with Gasteiger partial charge < -0.3 is 0 Å². The second-order valence-corrected chi connectivity index (χ2v) is 6.21. The minimum atomic E-state index is -0.407. The van der Waals surface area contributed by atoms with E-state index < -0.39 is 6.04 Å². The number of ketones is 1. The predicted octanol–water partition coefficient (Wildman–Crippen LogP) is 3.95. The molecule has 0 heterocycles. The molecule has 0 radical (unpaired) electrons. The van der Waals surface area contributed by atoms with Gasteiger partial charge >= 0.3 is 0 Å². The van der Waals surface area contributed by atoms with E-state index in [0.717, 1.165) is 12.8 Å². The summed E-state index contributed by atoms with van der Waals surface area (Å²) in [5.41, 5.74) is -0.0316. The molecule has 0 amide bonds. The van der Waals surface area contributed by atoms with Crippen molar-refractivity contribution < 1.29 is 4.79 Å². The van der Waals surface area contributed by atoms with Gasteiger partial charge in [0.1, 0.15) is 11.8 Å². The van der Waals surface area contributed by atoms with Crippen LogP contribution in [0, 0.1) is 15.7 Å². The summed E-state index contributed by atoms with van der Waals surface area (Å²) in [5.74, 6) is 0.0342. The quantitative estimate of drug-likeness (QED) is 0.618. The van der Waals surface area contributed by atoms with Gasteiger partial charge in [-0.3, -0.25) is 4.79 Å². The van der Waals surface area contributed by atoms with Gasteiger partial charge in [-0.05, 0) is 24.2 Å². The normalized spacial score (nSPS) is 14.6. The maximum atomic E-state index is 11.1. The second-order valence-electron chi connectivity index (χ2n) is 6.21. The number of carbonyl (C=O) groups excluding carboxylic acids is 1. The lowest BCUT2D eigenvalue weighted by atomic mass is 9.69. The summed E-state index contributed by atoms with van der Waals surface area (Å²) in [7, 11) is 0. The molecule has 0 N–H and O–H groups in total. The standard InChI is InChI=1S/C13H25NO2/c1-7-12(3,4)9-13(5,6)11(14-16)8-10(2)15/h11H,7-9H2,1-6H3. The van der Waals surface area contributed by atoms with Crippen molar-refractivity contribution in [2.45, 2.75) is 66.8 Å². The van der Waals surface area contributed by atoms with Gasteiger partial charge in [0.15, 0.2) is 0 Å². The molecule has 3 nitrogen and oxygen atoms in total. The van der Waals surface area contributed by atoms with Crippen molar-refractivity contribution >= 4 is 5.78 Å². The maximum absolute atomic E-state index is 11.1. The summed E-state index contributed by atoms with van der Waals surface area (Å²) in [6.45, 7) is 12.1. The van der Waals surface area contributed by atoms with Gasteiger partial charge in [0.2, 0.25) is 0 Å². The van der Waals surface area contributed by atoms with Crippen molar-refractivity contribution in [3.63, 3.8) is 0 Å². The minimum Gasteiger partial charge on any atom is -0.300 e. The summed E-state index contributed by atoms with van der Waals surface area (Å²) in [6, 6.07) is -0.407. The van der Waals surface area contributed by atoms with E-state index in [9.17, 15) is 9.70 Å². The smallest absolute Gasteiger partial charge is 0.132 e. The lowest BCUT2D eigenvalue weighted by molar-refractivity contribution is -0.118. The Morgan fingerprint density at radius 1 is 1.25 bits per heavy atom. The van der Waals surface area contributed by atoms with Crippen LogP contribution in [0.2, 0.25) is 0 Å². The third-order valence-corrected chi connectivity index (χ3v) is 3.40. The van der Waals surface area contributed by atoms with Crippen LogP contribution in [0.4, 0.5) is 0 Å². The highest BCUT2D eigenvalue weighted by atomic mass is 16.3. The second kappa shape index (κ2) is 5.55. The fourth-order valence-electron chi connectivity index (χ4n) is 2.20. The van der Waals surface area contributed by atoms with E-state index in [1.165, 1.54) is 6.92 Å². The van der Waals surface area contributed by atoms with E-state index in [4.69, 9.17) is 0 Å². The molecule has 94 valence electrons. The topological polar surface area (TPSA) is 46.5 Å². The van der Waals surface area contributed by atoms with Crippen molar-refractivity contribution in [3.05, 3.63) is 4.91 Å². The van der Waals surface area contributed by atoms with Crippen molar-refractivity contribution in [2.24, 2.45) is 16.0 Å². The van der Waals surface area contributed by atoms with Crippen LogP contribution >= 0.6 is 0 Å². The molecular formula is C13H25NO2. The summed E-state index contributed by atoms with van der Waals surface area (Å²) in [5, 5.41) is 3.15. The molecule has 0 aromatic heterocycles. The van der Waals surface area contributed by atoms with Crippen LogP contribution < -0.4 is 0 Å². The minimum absolute atomic E-state index is 0.0342. The number of hydrogen-bond acceptors (Lipinski definition) is 3. The van der Waals surface area contributed by atoms with Gasteiger partial charge in [-0.15, -0.1) is 0 Å². The Balaban J connectivity index is 4.72. The molecule has 3 heteroatoms. The summed E-state index contributed by atoms with van der Waals surface area (Å²) in [4.78, 5) is 22.0. The SMILES string of the molecule is CCC(C)(C)CC(C)(C)C(CC(C)=O)N=O. The lowest BCUT2D eigenvalue weighted by Gasteiger charge is -2.36. The third-order valence-electron chi connectivity index (χ3n) is 3.40. The molecule has 1 atom stereocenters. The average molecular weight is 227 g/mol. The molecule has 0 spiro atoms.